The summed E-state index contributed by atoms with van der Waals surface area (Å²) < 4.78 is 4.87. The van der Waals surface area contributed by atoms with Gasteiger partial charge in [0.25, 0.3) is 0 Å². The molecule has 1 aliphatic rings. The van der Waals surface area contributed by atoms with Crippen LogP contribution in [-0.2, 0) is 19.1 Å². The van der Waals surface area contributed by atoms with E-state index < -0.39 is 28.7 Å². The lowest BCUT2D eigenvalue weighted by molar-refractivity contribution is -0.183. The van der Waals surface area contributed by atoms with Gasteiger partial charge in [-0.05, 0) is 25.7 Å². The first-order valence-corrected chi connectivity index (χ1v) is 7.12. The Hall–Kier alpha value is -1.85. The Balaban J connectivity index is 3.09. The summed E-state index contributed by atoms with van der Waals surface area (Å²) >= 11 is 0. The minimum atomic E-state index is -1.40. The van der Waals surface area contributed by atoms with E-state index in [-0.39, 0.29) is 25.9 Å². The highest BCUT2D eigenvalue weighted by molar-refractivity contribution is 5.87. The first-order chi connectivity index (χ1) is 9.86. The van der Waals surface area contributed by atoms with E-state index >= 15 is 0 Å². The molecule has 0 aromatic carbocycles. The number of carboxylic acids is 2. The zero-order valence-electron chi connectivity index (χ0n) is 12.3. The molecule has 0 amide bonds. The van der Waals surface area contributed by atoms with Crippen LogP contribution >= 0.6 is 0 Å². The van der Waals surface area contributed by atoms with Gasteiger partial charge in [0.05, 0.1) is 17.4 Å². The molecule has 1 aliphatic carbocycles. The number of carboxylic acid groups (broad SMARTS) is 2. The highest BCUT2D eigenvalue weighted by Gasteiger charge is 2.60. The zero-order valence-corrected chi connectivity index (χ0v) is 12.3. The van der Waals surface area contributed by atoms with Gasteiger partial charge in [-0.1, -0.05) is 26.3 Å². The number of carbonyl (C=O) groups excluding carboxylic acids is 1. The number of hydrogen-bond acceptors (Lipinski definition) is 4. The van der Waals surface area contributed by atoms with Crippen LogP contribution < -0.4 is 0 Å². The monoisotopic (exact) mass is 298 g/mol. The molecule has 21 heavy (non-hydrogen) atoms. The summed E-state index contributed by atoms with van der Waals surface area (Å²) in [6.07, 6.45) is 3.22. The van der Waals surface area contributed by atoms with Crippen LogP contribution in [0.25, 0.3) is 0 Å². The van der Waals surface area contributed by atoms with E-state index in [2.05, 4.69) is 6.58 Å². The SMILES string of the molecule is C=CC(=O)OCCC1(C(=O)O)CCCCC1(CC)C(=O)O. The van der Waals surface area contributed by atoms with Crippen molar-refractivity contribution in [3.63, 3.8) is 0 Å². The Morgan fingerprint density at radius 3 is 2.10 bits per heavy atom. The predicted molar refractivity (Wildman–Crippen MR) is 74.7 cm³/mol. The molecule has 2 unspecified atom stereocenters. The molecule has 1 saturated carbocycles. The van der Waals surface area contributed by atoms with Gasteiger partial charge in [0.2, 0.25) is 0 Å². The minimum Gasteiger partial charge on any atom is -0.481 e. The maximum Gasteiger partial charge on any atom is 0.330 e. The van der Waals surface area contributed by atoms with E-state index in [0.717, 1.165) is 6.08 Å². The molecular formula is C15H22O6. The Bertz CT molecular complexity index is 443. The van der Waals surface area contributed by atoms with Crippen LogP contribution in [-0.4, -0.2) is 34.7 Å². The van der Waals surface area contributed by atoms with Crippen LogP contribution in [0.1, 0.15) is 45.4 Å². The van der Waals surface area contributed by atoms with Gasteiger partial charge in [0.1, 0.15) is 0 Å². The predicted octanol–water partition coefficient (Wildman–Crippen LogP) is 2.23. The zero-order chi connectivity index (χ0) is 16.1. The van der Waals surface area contributed by atoms with Gasteiger partial charge in [0, 0.05) is 6.08 Å². The lowest BCUT2D eigenvalue weighted by Gasteiger charge is -2.48. The first-order valence-electron chi connectivity index (χ1n) is 7.12. The van der Waals surface area contributed by atoms with Crippen molar-refractivity contribution < 1.29 is 29.3 Å². The topological polar surface area (TPSA) is 101 Å². The third-order valence-electron chi connectivity index (χ3n) is 4.74. The van der Waals surface area contributed by atoms with Crippen LogP contribution in [0.15, 0.2) is 12.7 Å². The van der Waals surface area contributed by atoms with Gasteiger partial charge in [-0.3, -0.25) is 9.59 Å². The third-order valence-corrected chi connectivity index (χ3v) is 4.74. The van der Waals surface area contributed by atoms with Crippen LogP contribution in [0.2, 0.25) is 0 Å². The normalized spacial score (nSPS) is 28.6. The van der Waals surface area contributed by atoms with Gasteiger partial charge in [-0.2, -0.15) is 0 Å². The van der Waals surface area contributed by atoms with Gasteiger partial charge >= 0.3 is 17.9 Å². The molecule has 2 N–H and O–H groups in total. The van der Waals surface area contributed by atoms with Crippen molar-refractivity contribution >= 4 is 17.9 Å². The molecule has 0 spiro atoms. The van der Waals surface area contributed by atoms with E-state index in [4.69, 9.17) is 4.74 Å². The van der Waals surface area contributed by atoms with Crippen LogP contribution in [0, 0.1) is 10.8 Å². The second-order valence-corrected chi connectivity index (χ2v) is 5.46. The number of esters is 1. The maximum absolute atomic E-state index is 11.9. The average Bonchev–Trinajstić information content (AvgIpc) is 2.46. The molecule has 0 aromatic heterocycles. The van der Waals surface area contributed by atoms with Crippen molar-refractivity contribution in [1.29, 1.82) is 0 Å². The standard InChI is InChI=1S/C15H22O6/c1-3-11(16)21-10-9-15(13(19)20)8-6-5-7-14(15,4-2)12(17)18/h3H,1,4-10H2,2H3,(H,17,18)(H,19,20). The van der Waals surface area contributed by atoms with Gasteiger partial charge in [-0.25, -0.2) is 4.79 Å². The van der Waals surface area contributed by atoms with Gasteiger partial charge in [0.15, 0.2) is 0 Å². The molecule has 0 saturated heterocycles. The summed E-state index contributed by atoms with van der Waals surface area (Å²) in [5.41, 5.74) is -2.70. The molecule has 0 aliphatic heterocycles. The first kappa shape index (κ1) is 17.2. The number of rotatable bonds is 7. The molecule has 0 bridgehead atoms. The highest BCUT2D eigenvalue weighted by Crippen LogP contribution is 2.55. The van der Waals surface area contributed by atoms with E-state index in [9.17, 15) is 24.6 Å². The molecule has 0 radical (unpaired) electrons. The van der Waals surface area contributed by atoms with E-state index in [1.807, 2.05) is 0 Å². The smallest absolute Gasteiger partial charge is 0.330 e. The van der Waals surface area contributed by atoms with Crippen molar-refractivity contribution in [2.75, 3.05) is 6.61 Å². The lowest BCUT2D eigenvalue weighted by Crippen LogP contribution is -2.54. The highest BCUT2D eigenvalue weighted by atomic mass is 16.5. The molecule has 1 rings (SSSR count). The van der Waals surface area contributed by atoms with E-state index in [1.165, 1.54) is 0 Å². The number of carbonyl (C=O) groups is 3. The fourth-order valence-electron chi connectivity index (χ4n) is 3.48. The van der Waals surface area contributed by atoms with Crippen molar-refractivity contribution in [2.24, 2.45) is 10.8 Å². The fraction of sp³-hybridized carbons (Fsp3) is 0.667. The largest absolute Gasteiger partial charge is 0.481 e. The quantitative estimate of drug-likeness (QED) is 0.552. The van der Waals surface area contributed by atoms with E-state index in [0.29, 0.717) is 19.3 Å². The summed E-state index contributed by atoms with van der Waals surface area (Å²) in [5.74, 6) is -2.84. The summed E-state index contributed by atoms with van der Waals surface area (Å²) in [5, 5.41) is 19.3. The summed E-state index contributed by atoms with van der Waals surface area (Å²) in [4.78, 5) is 34.8. The number of ether oxygens (including phenoxy) is 1. The number of aliphatic carboxylic acids is 2. The van der Waals surface area contributed by atoms with Crippen LogP contribution in [0.5, 0.6) is 0 Å². The summed E-state index contributed by atoms with van der Waals surface area (Å²) in [6, 6.07) is 0. The van der Waals surface area contributed by atoms with Gasteiger partial charge in [-0.15, -0.1) is 0 Å². The van der Waals surface area contributed by atoms with Crippen molar-refractivity contribution in [3.8, 4) is 0 Å². The van der Waals surface area contributed by atoms with Crippen LogP contribution in [0.3, 0.4) is 0 Å². The molecule has 0 aromatic rings. The summed E-state index contributed by atoms with van der Waals surface area (Å²) in [7, 11) is 0. The summed E-state index contributed by atoms with van der Waals surface area (Å²) in [6.45, 7) is 4.85. The van der Waals surface area contributed by atoms with Gasteiger partial charge < -0.3 is 14.9 Å². The maximum atomic E-state index is 11.9. The Morgan fingerprint density at radius 2 is 1.67 bits per heavy atom. The molecule has 2 atom stereocenters. The minimum absolute atomic E-state index is 0.00204. The third kappa shape index (κ3) is 2.94. The Kier molecular flexibility index (Phi) is 5.52. The van der Waals surface area contributed by atoms with Crippen LogP contribution in [0.4, 0.5) is 0 Å². The molecule has 118 valence electrons. The molecule has 0 heterocycles. The fourth-order valence-corrected chi connectivity index (χ4v) is 3.48. The van der Waals surface area contributed by atoms with E-state index in [1.54, 1.807) is 6.92 Å². The molecule has 6 nitrogen and oxygen atoms in total. The van der Waals surface area contributed by atoms with Crippen molar-refractivity contribution in [3.05, 3.63) is 12.7 Å². The second kappa shape index (κ2) is 6.74. The number of hydrogen-bond donors (Lipinski definition) is 2. The van der Waals surface area contributed by atoms with Crippen molar-refractivity contribution in [1.82, 2.24) is 0 Å². The average molecular weight is 298 g/mol. The molecular weight excluding hydrogens is 276 g/mol. The second-order valence-electron chi connectivity index (χ2n) is 5.46. The van der Waals surface area contributed by atoms with Crippen molar-refractivity contribution in [2.45, 2.75) is 45.4 Å². The Morgan fingerprint density at radius 1 is 1.14 bits per heavy atom. The molecule has 1 fully saturated rings. The lowest BCUT2D eigenvalue weighted by atomic mass is 9.53. The molecule has 6 heteroatoms. The Labute approximate surface area is 123 Å².